The molecular formula is C54H49BN2. The second-order valence-corrected chi connectivity index (χ2v) is 17.6. The first kappa shape index (κ1) is 36.3. The number of benzene rings is 7. The zero-order valence-corrected chi connectivity index (χ0v) is 34.0. The first-order valence-corrected chi connectivity index (χ1v) is 20.1. The Morgan fingerprint density at radius 3 is 1.14 bits per heavy atom. The molecule has 278 valence electrons. The third kappa shape index (κ3) is 6.32. The molecule has 0 N–H and O–H groups in total. The number of rotatable bonds is 6. The Labute approximate surface area is 339 Å². The summed E-state index contributed by atoms with van der Waals surface area (Å²) in [5, 5.41) is 0. The molecule has 0 amide bonds. The van der Waals surface area contributed by atoms with Gasteiger partial charge in [0.05, 0.1) is 0 Å². The molecule has 0 saturated heterocycles. The first-order valence-electron chi connectivity index (χ1n) is 20.1. The van der Waals surface area contributed by atoms with Gasteiger partial charge in [-0.25, -0.2) is 0 Å². The zero-order chi connectivity index (χ0) is 39.6. The molecule has 0 radical (unpaired) electrons. The van der Waals surface area contributed by atoms with Crippen molar-refractivity contribution in [2.24, 2.45) is 0 Å². The zero-order valence-electron chi connectivity index (χ0n) is 34.0. The molecule has 7 aromatic rings. The van der Waals surface area contributed by atoms with Crippen molar-refractivity contribution in [1.29, 1.82) is 0 Å². The highest BCUT2D eigenvalue weighted by atomic mass is 15.2. The van der Waals surface area contributed by atoms with E-state index in [4.69, 9.17) is 0 Å². The summed E-state index contributed by atoms with van der Waals surface area (Å²) in [6.45, 7) is 21.7. The van der Waals surface area contributed by atoms with Crippen LogP contribution < -0.4 is 26.2 Å². The standard InChI is InChI=1S/C54H49BN2/c1-9-36-14-18-38(19-15-36)40-22-32-46-50(34-40)56(44-28-24-42(25-29-44)53(3,4)5)48-12-11-13-49-52(48)55(46)47-33-23-41(39-20-16-37(10-2)17-21-39)35-51(47)57(49)45-30-26-43(27-31-45)54(6,7)8/h9-35H,1-2H2,3-8H3. The van der Waals surface area contributed by atoms with Crippen LogP contribution in [0.1, 0.15) is 63.8 Å². The van der Waals surface area contributed by atoms with Gasteiger partial charge in [-0.05, 0) is 120 Å². The largest absolute Gasteiger partial charge is 0.311 e. The van der Waals surface area contributed by atoms with Gasteiger partial charge in [0.25, 0.3) is 6.71 Å². The molecule has 2 heterocycles. The maximum Gasteiger partial charge on any atom is 0.252 e. The third-order valence-corrected chi connectivity index (χ3v) is 11.9. The second kappa shape index (κ2) is 13.7. The number of hydrogen-bond donors (Lipinski definition) is 0. The highest BCUT2D eigenvalue weighted by molar-refractivity contribution is 7.00. The van der Waals surface area contributed by atoms with Gasteiger partial charge in [-0.15, -0.1) is 0 Å². The summed E-state index contributed by atoms with van der Waals surface area (Å²) in [5.41, 5.74) is 20.8. The average Bonchev–Trinajstić information content (AvgIpc) is 3.22. The normalized spacial score (nSPS) is 13.1. The van der Waals surface area contributed by atoms with E-state index in [9.17, 15) is 0 Å². The molecular weight excluding hydrogens is 687 g/mol. The van der Waals surface area contributed by atoms with Gasteiger partial charge in [-0.1, -0.05) is 170 Å². The predicted molar refractivity (Wildman–Crippen MR) is 249 cm³/mol. The Balaban J connectivity index is 1.30. The fraction of sp³-hybridized carbons (Fsp3) is 0.148. The molecule has 0 spiro atoms. The van der Waals surface area contributed by atoms with Gasteiger partial charge >= 0.3 is 0 Å². The summed E-state index contributed by atoms with van der Waals surface area (Å²) in [5.74, 6) is 0. The summed E-state index contributed by atoms with van der Waals surface area (Å²) in [7, 11) is 0. The Bertz CT molecular complexity index is 2470. The molecule has 0 unspecified atom stereocenters. The first-order chi connectivity index (χ1) is 27.4. The Kier molecular flexibility index (Phi) is 8.74. The van der Waals surface area contributed by atoms with Crippen LogP contribution >= 0.6 is 0 Å². The molecule has 2 aliphatic rings. The van der Waals surface area contributed by atoms with Crippen molar-refractivity contribution >= 4 is 69.4 Å². The summed E-state index contributed by atoms with van der Waals surface area (Å²) in [4.78, 5) is 5.00. The van der Waals surface area contributed by atoms with Crippen LogP contribution in [0.25, 0.3) is 34.4 Å². The van der Waals surface area contributed by atoms with E-state index in [0.29, 0.717) is 0 Å². The highest BCUT2D eigenvalue weighted by Gasteiger charge is 2.43. The Morgan fingerprint density at radius 2 is 0.789 bits per heavy atom. The summed E-state index contributed by atoms with van der Waals surface area (Å²) in [6.07, 6.45) is 3.80. The smallest absolute Gasteiger partial charge is 0.252 e. The van der Waals surface area contributed by atoms with Crippen molar-refractivity contribution in [3.05, 3.63) is 187 Å². The number of anilines is 6. The Morgan fingerprint density at radius 1 is 0.421 bits per heavy atom. The molecule has 2 aliphatic heterocycles. The van der Waals surface area contributed by atoms with Crippen LogP contribution in [-0.2, 0) is 10.8 Å². The maximum absolute atomic E-state index is 3.98. The van der Waals surface area contributed by atoms with Gasteiger partial charge in [0.15, 0.2) is 0 Å². The van der Waals surface area contributed by atoms with E-state index >= 15 is 0 Å². The molecule has 0 aromatic heterocycles. The van der Waals surface area contributed by atoms with E-state index in [1.807, 2.05) is 12.2 Å². The quantitative estimate of drug-likeness (QED) is 0.157. The minimum Gasteiger partial charge on any atom is -0.311 e. The molecule has 0 fully saturated rings. The van der Waals surface area contributed by atoms with Gasteiger partial charge in [0.2, 0.25) is 0 Å². The second-order valence-electron chi connectivity index (χ2n) is 17.6. The lowest BCUT2D eigenvalue weighted by Crippen LogP contribution is -2.61. The molecule has 0 atom stereocenters. The topological polar surface area (TPSA) is 6.48 Å². The maximum atomic E-state index is 3.98. The van der Waals surface area contributed by atoms with Crippen LogP contribution in [0, 0.1) is 0 Å². The van der Waals surface area contributed by atoms with Crippen molar-refractivity contribution in [3.8, 4) is 22.3 Å². The summed E-state index contributed by atoms with van der Waals surface area (Å²) >= 11 is 0. The van der Waals surface area contributed by atoms with Crippen LogP contribution in [0.5, 0.6) is 0 Å². The summed E-state index contributed by atoms with van der Waals surface area (Å²) < 4.78 is 0. The molecule has 2 nitrogen and oxygen atoms in total. The van der Waals surface area contributed by atoms with Crippen LogP contribution in [0.2, 0.25) is 0 Å². The van der Waals surface area contributed by atoms with Crippen molar-refractivity contribution in [1.82, 2.24) is 0 Å². The molecule has 3 heteroatoms. The van der Waals surface area contributed by atoms with E-state index < -0.39 is 0 Å². The van der Waals surface area contributed by atoms with Gasteiger partial charge in [-0.3, -0.25) is 0 Å². The van der Waals surface area contributed by atoms with Gasteiger partial charge in [-0.2, -0.15) is 0 Å². The average molecular weight is 737 g/mol. The van der Waals surface area contributed by atoms with Crippen LogP contribution in [0.15, 0.2) is 165 Å². The van der Waals surface area contributed by atoms with Crippen molar-refractivity contribution in [3.63, 3.8) is 0 Å². The molecule has 7 aromatic carbocycles. The molecule has 57 heavy (non-hydrogen) atoms. The van der Waals surface area contributed by atoms with Crippen LogP contribution in [0.3, 0.4) is 0 Å². The van der Waals surface area contributed by atoms with Crippen LogP contribution in [0.4, 0.5) is 34.1 Å². The fourth-order valence-electron chi connectivity index (χ4n) is 8.69. The number of fused-ring (bicyclic) bond motifs is 4. The third-order valence-electron chi connectivity index (χ3n) is 11.9. The van der Waals surface area contributed by atoms with E-state index in [1.54, 1.807) is 0 Å². The van der Waals surface area contributed by atoms with E-state index in [1.165, 1.54) is 72.5 Å². The fourth-order valence-corrected chi connectivity index (χ4v) is 8.69. The number of nitrogens with zero attached hydrogens (tertiary/aromatic N) is 2. The monoisotopic (exact) mass is 736 g/mol. The van der Waals surface area contributed by atoms with Gasteiger partial charge in [0.1, 0.15) is 0 Å². The van der Waals surface area contributed by atoms with E-state index in [-0.39, 0.29) is 17.5 Å². The molecule has 0 aliphatic carbocycles. The SMILES string of the molecule is C=Cc1ccc(-c2ccc3c(c2)N(c2ccc(C(C)(C)C)cc2)c2cccc4c2B3c2ccc(-c3ccc(C=C)cc3)cc2N4c2ccc(C(C)(C)C)cc2)cc1. The lowest BCUT2D eigenvalue weighted by Gasteiger charge is -2.44. The van der Waals surface area contributed by atoms with Crippen molar-refractivity contribution in [2.45, 2.75) is 52.4 Å². The van der Waals surface area contributed by atoms with Crippen molar-refractivity contribution < 1.29 is 0 Å². The lowest BCUT2D eigenvalue weighted by molar-refractivity contribution is 0.590. The predicted octanol–water partition coefficient (Wildman–Crippen LogP) is 13.0. The minimum absolute atomic E-state index is 0.0331. The Hall–Kier alpha value is -6.32. The van der Waals surface area contributed by atoms with E-state index in [0.717, 1.165) is 22.5 Å². The minimum atomic E-state index is 0.0331. The molecule has 0 saturated carbocycles. The van der Waals surface area contributed by atoms with Gasteiger partial charge < -0.3 is 9.80 Å². The number of hydrogen-bond acceptors (Lipinski definition) is 2. The van der Waals surface area contributed by atoms with Crippen molar-refractivity contribution in [2.75, 3.05) is 9.80 Å². The highest BCUT2D eigenvalue weighted by Crippen LogP contribution is 2.46. The lowest BCUT2D eigenvalue weighted by atomic mass is 9.33. The van der Waals surface area contributed by atoms with E-state index in [2.05, 4.69) is 216 Å². The molecule has 0 bridgehead atoms. The van der Waals surface area contributed by atoms with Gasteiger partial charge in [0, 0.05) is 34.1 Å². The summed E-state index contributed by atoms with van der Waals surface area (Å²) in [6, 6.07) is 56.9. The van der Waals surface area contributed by atoms with Crippen LogP contribution in [-0.4, -0.2) is 6.71 Å². The molecule has 9 rings (SSSR count).